The fourth-order valence-corrected chi connectivity index (χ4v) is 1.46. The van der Waals surface area contributed by atoms with Gasteiger partial charge in [-0.15, -0.1) is 0 Å². The van der Waals surface area contributed by atoms with Gasteiger partial charge in [0, 0.05) is 18.7 Å². The zero-order valence-electron chi connectivity index (χ0n) is 9.68. The molecule has 0 spiro atoms. The van der Waals surface area contributed by atoms with Crippen molar-refractivity contribution in [3.05, 3.63) is 35.1 Å². The Morgan fingerprint density at radius 2 is 1.74 bits per heavy atom. The average Bonchev–Trinajstić information content (AvgIpc) is 2.33. The smallest absolute Gasteiger partial charge is 0.255 e. The second kappa shape index (κ2) is 6.46. The molecule has 19 heavy (non-hydrogen) atoms. The summed E-state index contributed by atoms with van der Waals surface area (Å²) < 4.78 is 63.2. The molecule has 0 aromatic heterocycles. The van der Waals surface area contributed by atoms with Crippen LogP contribution in [0.3, 0.4) is 0 Å². The van der Waals surface area contributed by atoms with Crippen molar-refractivity contribution >= 4 is 5.91 Å². The first-order valence-corrected chi connectivity index (χ1v) is 5.28. The van der Waals surface area contributed by atoms with Gasteiger partial charge in [0.15, 0.2) is 17.5 Å². The molecular weight excluding hydrogens is 271 g/mol. The summed E-state index contributed by atoms with van der Waals surface area (Å²) in [5.41, 5.74) is 4.61. The normalized spacial score (nSPS) is 10.9. The van der Waals surface area contributed by atoms with Gasteiger partial charge in [0.2, 0.25) is 0 Å². The van der Waals surface area contributed by atoms with E-state index >= 15 is 0 Å². The summed E-state index contributed by atoms with van der Waals surface area (Å²) in [7, 11) is 0. The van der Waals surface area contributed by atoms with E-state index in [1.54, 1.807) is 0 Å². The summed E-state index contributed by atoms with van der Waals surface area (Å²) in [6.07, 6.45) is -2.81. The molecule has 3 nitrogen and oxygen atoms in total. The quantitative estimate of drug-likeness (QED) is 0.661. The molecule has 0 aliphatic rings. The number of rotatable bonds is 5. The van der Waals surface area contributed by atoms with Crippen LogP contribution >= 0.6 is 0 Å². The van der Waals surface area contributed by atoms with E-state index in [0.717, 1.165) is 0 Å². The van der Waals surface area contributed by atoms with Crippen LogP contribution < -0.4 is 5.73 Å². The first kappa shape index (κ1) is 15.4. The fourth-order valence-electron chi connectivity index (χ4n) is 1.46. The first-order valence-electron chi connectivity index (χ1n) is 5.28. The minimum atomic E-state index is -2.81. The molecule has 8 heteroatoms. The molecule has 0 fully saturated rings. The standard InChI is InChI=1S/C11H11F5N2O/c12-7-3-6(4-8(13)10(7)16)11(19)18(2-1-17)5-9(14)15/h3-4,9H,1-2,5,17H2. The van der Waals surface area contributed by atoms with Crippen LogP contribution in [0.15, 0.2) is 12.1 Å². The Hall–Kier alpha value is -1.70. The first-order chi connectivity index (χ1) is 8.86. The van der Waals surface area contributed by atoms with E-state index in [1.165, 1.54) is 0 Å². The highest BCUT2D eigenvalue weighted by atomic mass is 19.3. The molecule has 0 saturated heterocycles. The molecule has 0 bridgehead atoms. The molecule has 0 aliphatic heterocycles. The van der Waals surface area contributed by atoms with E-state index in [4.69, 9.17) is 5.73 Å². The number of amides is 1. The van der Waals surface area contributed by atoms with Gasteiger partial charge in [-0.1, -0.05) is 0 Å². The third-order valence-electron chi connectivity index (χ3n) is 2.28. The number of nitrogens with two attached hydrogens (primary N) is 1. The second-order valence-corrected chi connectivity index (χ2v) is 3.68. The Kier molecular flexibility index (Phi) is 5.22. The Morgan fingerprint density at radius 3 is 2.16 bits per heavy atom. The van der Waals surface area contributed by atoms with Gasteiger partial charge in [0.1, 0.15) is 0 Å². The van der Waals surface area contributed by atoms with Crippen LogP contribution in [0.25, 0.3) is 0 Å². The predicted molar refractivity (Wildman–Crippen MR) is 57.3 cm³/mol. The Morgan fingerprint density at radius 1 is 1.21 bits per heavy atom. The van der Waals surface area contributed by atoms with Crippen molar-refractivity contribution < 1.29 is 26.7 Å². The van der Waals surface area contributed by atoms with Crippen molar-refractivity contribution in [3.63, 3.8) is 0 Å². The highest BCUT2D eigenvalue weighted by Gasteiger charge is 2.22. The lowest BCUT2D eigenvalue weighted by Gasteiger charge is -2.21. The van der Waals surface area contributed by atoms with Gasteiger partial charge in [-0.2, -0.15) is 0 Å². The number of hydrogen-bond donors (Lipinski definition) is 1. The predicted octanol–water partition coefficient (Wildman–Crippen LogP) is 1.77. The zero-order valence-corrected chi connectivity index (χ0v) is 9.68. The average molecular weight is 282 g/mol. The summed E-state index contributed by atoms with van der Waals surface area (Å²) in [6, 6.07) is 0.908. The molecule has 0 atom stereocenters. The lowest BCUT2D eigenvalue weighted by Crippen LogP contribution is -2.38. The van der Waals surface area contributed by atoms with Crippen molar-refractivity contribution in [2.24, 2.45) is 5.73 Å². The molecule has 0 saturated carbocycles. The molecule has 0 heterocycles. The monoisotopic (exact) mass is 282 g/mol. The number of alkyl halides is 2. The molecule has 2 N–H and O–H groups in total. The van der Waals surface area contributed by atoms with Crippen LogP contribution in [0.5, 0.6) is 0 Å². The van der Waals surface area contributed by atoms with Gasteiger partial charge in [-0.25, -0.2) is 22.0 Å². The van der Waals surface area contributed by atoms with E-state index in [2.05, 4.69) is 0 Å². The van der Waals surface area contributed by atoms with E-state index < -0.39 is 41.9 Å². The largest absolute Gasteiger partial charge is 0.332 e. The minimum Gasteiger partial charge on any atom is -0.332 e. The maximum Gasteiger partial charge on any atom is 0.255 e. The third-order valence-corrected chi connectivity index (χ3v) is 2.28. The van der Waals surface area contributed by atoms with E-state index in [1.807, 2.05) is 0 Å². The van der Waals surface area contributed by atoms with Gasteiger partial charge in [0.25, 0.3) is 12.3 Å². The van der Waals surface area contributed by atoms with Gasteiger partial charge < -0.3 is 10.6 Å². The van der Waals surface area contributed by atoms with E-state index in [9.17, 15) is 26.7 Å². The number of carbonyl (C=O) groups is 1. The summed E-state index contributed by atoms with van der Waals surface area (Å²) in [5, 5.41) is 0. The maximum atomic E-state index is 13.0. The van der Waals surface area contributed by atoms with E-state index in [-0.39, 0.29) is 13.1 Å². The zero-order chi connectivity index (χ0) is 14.6. The van der Waals surface area contributed by atoms with Crippen LogP contribution in [0, 0.1) is 17.5 Å². The van der Waals surface area contributed by atoms with Gasteiger partial charge in [-0.05, 0) is 12.1 Å². The minimum absolute atomic E-state index is 0.0926. The summed E-state index contributed by atoms with van der Waals surface area (Å²) in [4.78, 5) is 12.4. The van der Waals surface area contributed by atoms with Crippen molar-refractivity contribution in [2.75, 3.05) is 19.6 Å². The van der Waals surface area contributed by atoms with Crippen molar-refractivity contribution in [1.82, 2.24) is 4.90 Å². The summed E-state index contributed by atoms with van der Waals surface area (Å²) >= 11 is 0. The molecule has 1 rings (SSSR count). The van der Waals surface area contributed by atoms with Crippen molar-refractivity contribution in [1.29, 1.82) is 0 Å². The van der Waals surface area contributed by atoms with Crippen molar-refractivity contribution in [2.45, 2.75) is 6.43 Å². The fraction of sp³-hybridized carbons (Fsp3) is 0.364. The Balaban J connectivity index is 3.02. The molecule has 1 amide bonds. The SMILES string of the molecule is NCCN(CC(F)F)C(=O)c1cc(F)c(F)c(F)c1. The molecule has 0 radical (unpaired) electrons. The molecular formula is C11H11F5N2O. The Labute approximate surface area is 105 Å². The van der Waals surface area contributed by atoms with Crippen molar-refractivity contribution in [3.8, 4) is 0 Å². The van der Waals surface area contributed by atoms with Gasteiger partial charge in [-0.3, -0.25) is 4.79 Å². The topological polar surface area (TPSA) is 46.3 Å². The van der Waals surface area contributed by atoms with Crippen LogP contribution in [-0.2, 0) is 0 Å². The van der Waals surface area contributed by atoms with E-state index in [0.29, 0.717) is 17.0 Å². The highest BCUT2D eigenvalue weighted by Crippen LogP contribution is 2.15. The maximum absolute atomic E-state index is 13.0. The number of nitrogens with zero attached hydrogens (tertiary/aromatic N) is 1. The number of halogens is 5. The molecule has 0 unspecified atom stereocenters. The lowest BCUT2D eigenvalue weighted by molar-refractivity contribution is 0.0562. The van der Waals surface area contributed by atoms with Crippen LogP contribution in [0.2, 0.25) is 0 Å². The summed E-state index contributed by atoms with van der Waals surface area (Å²) in [5.74, 6) is -5.89. The highest BCUT2D eigenvalue weighted by molar-refractivity contribution is 5.94. The van der Waals surface area contributed by atoms with Crippen LogP contribution in [-0.4, -0.2) is 36.9 Å². The third kappa shape index (κ3) is 3.88. The molecule has 1 aromatic rings. The van der Waals surface area contributed by atoms with Gasteiger partial charge >= 0.3 is 0 Å². The second-order valence-electron chi connectivity index (χ2n) is 3.68. The summed E-state index contributed by atoms with van der Waals surface area (Å²) in [6.45, 7) is -1.22. The van der Waals surface area contributed by atoms with Crippen LogP contribution in [0.1, 0.15) is 10.4 Å². The Bertz CT molecular complexity index is 443. The molecule has 0 aliphatic carbocycles. The number of benzene rings is 1. The number of hydrogen-bond acceptors (Lipinski definition) is 2. The molecule has 1 aromatic carbocycles. The van der Waals surface area contributed by atoms with Gasteiger partial charge in [0.05, 0.1) is 6.54 Å². The number of carbonyl (C=O) groups excluding carboxylic acids is 1. The van der Waals surface area contributed by atoms with Crippen LogP contribution in [0.4, 0.5) is 22.0 Å². The lowest BCUT2D eigenvalue weighted by atomic mass is 10.1. The molecule has 106 valence electrons.